The Kier molecular flexibility index (Phi) is 13.5. The molecule has 9 heteroatoms. The molecule has 0 aliphatic heterocycles. The fraction of sp³-hybridized carbons (Fsp3) is 0.641. The maximum absolute atomic E-state index is 10.7. The number of likely N-dealkylation sites (N-methyl/N-ethyl adjacent to an activating group) is 1. The number of aromatic nitrogens is 1. The number of aromatic amines is 1. The van der Waals surface area contributed by atoms with Crippen LogP contribution in [0.25, 0.3) is 0 Å². The topological polar surface area (TPSA) is 143 Å². The lowest BCUT2D eigenvalue weighted by molar-refractivity contribution is 0.170. The molecule has 0 spiro atoms. The summed E-state index contributed by atoms with van der Waals surface area (Å²) in [6.07, 6.45) is 11.5. The van der Waals surface area contributed by atoms with Crippen molar-refractivity contribution in [3.05, 3.63) is 69.9 Å². The smallest absolute Gasteiger partial charge is 0.161 e. The molecule has 1 fully saturated rings. The molecule has 0 saturated heterocycles. The van der Waals surface area contributed by atoms with Crippen LogP contribution in [0.15, 0.2) is 34.7 Å². The number of phenolic OH excluding ortho intramolecular Hbond substituents is 1. The fourth-order valence-corrected chi connectivity index (χ4v) is 8.18. The van der Waals surface area contributed by atoms with E-state index < -0.39 is 6.10 Å². The van der Waals surface area contributed by atoms with Gasteiger partial charge in [-0.25, -0.2) is 0 Å². The zero-order valence-corrected chi connectivity index (χ0v) is 29.3. The van der Waals surface area contributed by atoms with Crippen LogP contribution in [-0.2, 0) is 32.3 Å². The van der Waals surface area contributed by atoms with Crippen molar-refractivity contribution in [3.8, 4) is 11.5 Å². The van der Waals surface area contributed by atoms with Gasteiger partial charge >= 0.3 is 0 Å². The van der Waals surface area contributed by atoms with Crippen LogP contribution in [-0.4, -0.2) is 64.4 Å². The van der Waals surface area contributed by atoms with E-state index in [1.54, 1.807) is 6.07 Å². The Morgan fingerprint density at radius 2 is 1.92 bits per heavy atom. The van der Waals surface area contributed by atoms with Gasteiger partial charge in [0, 0.05) is 54.9 Å². The average Bonchev–Trinajstić information content (AvgIpc) is 3.81. The van der Waals surface area contributed by atoms with E-state index in [0.29, 0.717) is 43.1 Å². The summed E-state index contributed by atoms with van der Waals surface area (Å²) in [4.78, 5) is 3.78. The molecule has 0 unspecified atom stereocenters. The van der Waals surface area contributed by atoms with Gasteiger partial charge in [-0.05, 0) is 106 Å². The lowest BCUT2D eigenvalue weighted by atomic mass is 9.75. The van der Waals surface area contributed by atoms with Crippen LogP contribution < -0.4 is 15.4 Å². The molecule has 0 amide bonds. The average molecular weight is 666 g/mol. The molecular formula is C39H59N3O6. The van der Waals surface area contributed by atoms with Crippen molar-refractivity contribution < 1.29 is 29.6 Å². The molecule has 2 aromatic heterocycles. The Labute approximate surface area is 286 Å². The predicted molar refractivity (Wildman–Crippen MR) is 189 cm³/mol. The van der Waals surface area contributed by atoms with Crippen LogP contribution in [0, 0.1) is 11.8 Å². The molecule has 2 heterocycles. The van der Waals surface area contributed by atoms with Crippen molar-refractivity contribution in [1.29, 1.82) is 0 Å². The number of fused-ring (bicyclic) bond motifs is 2. The zero-order valence-electron chi connectivity index (χ0n) is 29.3. The van der Waals surface area contributed by atoms with Crippen LogP contribution in [0.3, 0.4) is 0 Å². The number of aromatic hydroxyl groups is 1. The molecule has 5 rings (SSSR count). The second-order valence-corrected chi connectivity index (χ2v) is 14.2. The maximum atomic E-state index is 10.7. The van der Waals surface area contributed by atoms with E-state index in [1.165, 1.54) is 36.9 Å². The van der Waals surface area contributed by atoms with Crippen LogP contribution in [0.5, 0.6) is 11.5 Å². The van der Waals surface area contributed by atoms with Crippen LogP contribution in [0.1, 0.15) is 117 Å². The molecule has 48 heavy (non-hydrogen) atoms. The highest BCUT2D eigenvalue weighted by atomic mass is 16.5. The van der Waals surface area contributed by atoms with E-state index in [2.05, 4.69) is 28.6 Å². The first-order chi connectivity index (χ1) is 23.3. The van der Waals surface area contributed by atoms with Gasteiger partial charge in [0.25, 0.3) is 0 Å². The highest BCUT2D eigenvalue weighted by Crippen LogP contribution is 2.49. The SMILES string of the molecule is CCCCc1oc(CCc2ccc(O)c(OC[C@H](NC)c3cc4c([nH]3)CC[C@H]3CCC[C@@H]3[C@@H]4[C@H](CCCO)NC[C@H](C)O)c2)cc1CO. The summed E-state index contributed by atoms with van der Waals surface area (Å²) in [6, 6.07) is 9.89. The minimum Gasteiger partial charge on any atom is -0.504 e. The van der Waals surface area contributed by atoms with Gasteiger partial charge in [-0.3, -0.25) is 0 Å². The van der Waals surface area contributed by atoms with Gasteiger partial charge in [-0.2, -0.15) is 0 Å². The number of unbranched alkanes of at least 4 members (excludes halogenated alkanes) is 1. The van der Waals surface area contributed by atoms with Gasteiger partial charge in [-0.15, -0.1) is 0 Å². The predicted octanol–water partition coefficient (Wildman–Crippen LogP) is 5.83. The number of hydrogen-bond acceptors (Lipinski definition) is 8. The van der Waals surface area contributed by atoms with Crippen molar-refractivity contribution in [2.24, 2.45) is 11.8 Å². The third-order valence-electron chi connectivity index (χ3n) is 10.7. The maximum Gasteiger partial charge on any atom is 0.161 e. The van der Waals surface area contributed by atoms with Crippen molar-refractivity contribution in [2.45, 2.75) is 122 Å². The highest BCUT2D eigenvalue weighted by molar-refractivity contribution is 5.42. The number of nitrogens with one attached hydrogen (secondary N) is 3. The number of ether oxygens (including phenoxy) is 1. The monoisotopic (exact) mass is 665 g/mol. The van der Waals surface area contributed by atoms with E-state index >= 15 is 0 Å². The van der Waals surface area contributed by atoms with Gasteiger partial charge in [0.1, 0.15) is 18.1 Å². The van der Waals surface area contributed by atoms with Crippen molar-refractivity contribution in [3.63, 3.8) is 0 Å². The summed E-state index contributed by atoms with van der Waals surface area (Å²) in [5.74, 6) is 3.92. The number of hydrogen-bond donors (Lipinski definition) is 7. The number of aliphatic hydroxyl groups is 3. The summed E-state index contributed by atoms with van der Waals surface area (Å²) in [5.41, 5.74) is 5.65. The molecule has 1 saturated carbocycles. The van der Waals surface area contributed by atoms with Crippen LogP contribution in [0.4, 0.5) is 0 Å². The molecule has 1 aromatic carbocycles. The van der Waals surface area contributed by atoms with E-state index in [1.807, 2.05) is 32.2 Å². The number of aliphatic hydroxyl groups excluding tert-OH is 3. The summed E-state index contributed by atoms with van der Waals surface area (Å²) in [7, 11) is 1.94. The Hall–Kier alpha value is -2.82. The van der Waals surface area contributed by atoms with Gasteiger partial charge in [0.05, 0.1) is 18.8 Å². The molecule has 2 aliphatic rings. The van der Waals surface area contributed by atoms with E-state index in [9.17, 15) is 20.4 Å². The minimum atomic E-state index is -0.429. The first kappa shape index (κ1) is 36.5. The molecule has 2 aliphatic carbocycles. The molecule has 0 bridgehead atoms. The quantitative estimate of drug-likeness (QED) is 0.0848. The van der Waals surface area contributed by atoms with Gasteiger partial charge in [0.15, 0.2) is 11.5 Å². The summed E-state index contributed by atoms with van der Waals surface area (Å²) >= 11 is 0. The highest BCUT2D eigenvalue weighted by Gasteiger charge is 2.42. The molecule has 6 atom stereocenters. The number of rotatable bonds is 19. The molecule has 9 nitrogen and oxygen atoms in total. The fourth-order valence-electron chi connectivity index (χ4n) is 8.18. The molecular weight excluding hydrogens is 606 g/mol. The Morgan fingerprint density at radius 3 is 2.67 bits per heavy atom. The largest absolute Gasteiger partial charge is 0.504 e. The summed E-state index contributed by atoms with van der Waals surface area (Å²) in [5, 5.41) is 47.4. The summed E-state index contributed by atoms with van der Waals surface area (Å²) in [6.45, 7) is 5.01. The molecule has 0 radical (unpaired) electrons. The second kappa shape index (κ2) is 17.7. The van der Waals surface area contributed by atoms with E-state index in [0.717, 1.165) is 73.3 Å². The molecule has 3 aromatic rings. The van der Waals surface area contributed by atoms with Crippen molar-refractivity contribution in [2.75, 3.05) is 26.8 Å². The molecule has 7 N–H and O–H groups in total. The van der Waals surface area contributed by atoms with E-state index in [4.69, 9.17) is 9.15 Å². The summed E-state index contributed by atoms with van der Waals surface area (Å²) < 4.78 is 12.4. The van der Waals surface area contributed by atoms with Crippen LogP contribution >= 0.6 is 0 Å². The van der Waals surface area contributed by atoms with Crippen LogP contribution in [0.2, 0.25) is 0 Å². The number of furan rings is 1. The number of H-pyrrole nitrogens is 1. The first-order valence-electron chi connectivity index (χ1n) is 18.4. The third kappa shape index (κ3) is 9.04. The van der Waals surface area contributed by atoms with Crippen molar-refractivity contribution in [1.82, 2.24) is 15.6 Å². The van der Waals surface area contributed by atoms with Gasteiger partial charge in [0.2, 0.25) is 0 Å². The number of phenols is 1. The second-order valence-electron chi connectivity index (χ2n) is 14.2. The van der Waals surface area contributed by atoms with Gasteiger partial charge < -0.3 is 45.2 Å². The minimum absolute atomic E-state index is 0.0118. The lowest BCUT2D eigenvalue weighted by Gasteiger charge is -2.35. The third-order valence-corrected chi connectivity index (χ3v) is 10.7. The van der Waals surface area contributed by atoms with Crippen molar-refractivity contribution >= 4 is 0 Å². The Bertz CT molecular complexity index is 1420. The molecule has 266 valence electrons. The standard InChI is InChI=1S/C39H59N3O6/c1-4-5-11-37-28(23-44)20-29(48-37)15-12-26-13-17-36(46)38(19-26)47-24-35(40-3)34-21-31-32(42-34)16-14-27-8-6-9-30(27)39(31)33(10-7-18-43)41-22-25(2)45/h13,17,19-21,25,27,30,33,35,39-46H,4-12,14-16,18,22-24H2,1-3H3/t25-,27+,30-,33-,35-,39-/m0/s1. The first-order valence-corrected chi connectivity index (χ1v) is 18.4. The Morgan fingerprint density at radius 1 is 1.06 bits per heavy atom. The number of aryl methyl sites for hydroxylation is 4. The van der Waals surface area contributed by atoms with Gasteiger partial charge in [-0.1, -0.05) is 32.3 Å². The lowest BCUT2D eigenvalue weighted by Crippen LogP contribution is -2.42. The number of benzene rings is 1. The normalized spacial score (nSPS) is 21.0. The van der Waals surface area contributed by atoms with E-state index in [-0.39, 0.29) is 31.0 Å². The Balaban J connectivity index is 1.30. The zero-order chi connectivity index (χ0) is 34.0.